The van der Waals surface area contributed by atoms with Gasteiger partial charge < -0.3 is 10.5 Å². The van der Waals surface area contributed by atoms with E-state index in [0.29, 0.717) is 11.8 Å². The molecule has 0 spiro atoms. The summed E-state index contributed by atoms with van der Waals surface area (Å²) in [6.45, 7) is 8.87. The van der Waals surface area contributed by atoms with Crippen LogP contribution in [0, 0.1) is 0 Å². The smallest absolute Gasteiger partial charge is 0.125 e. The Labute approximate surface area is 117 Å². The van der Waals surface area contributed by atoms with Crippen molar-refractivity contribution in [3.63, 3.8) is 0 Å². The lowest BCUT2D eigenvalue weighted by atomic mass is 9.71. The minimum atomic E-state index is -0.0977. The molecule has 1 aliphatic rings. The Morgan fingerprint density at radius 2 is 1.53 bits per heavy atom. The van der Waals surface area contributed by atoms with E-state index in [1.165, 1.54) is 23.1 Å². The summed E-state index contributed by atoms with van der Waals surface area (Å²) >= 11 is 0. The van der Waals surface area contributed by atoms with Gasteiger partial charge in [-0.05, 0) is 59.9 Å². The summed E-state index contributed by atoms with van der Waals surface area (Å²) in [5, 5.41) is 0. The van der Waals surface area contributed by atoms with Crippen molar-refractivity contribution in [2.45, 2.75) is 64.3 Å². The Bertz CT molecular complexity index is 429. The molecule has 0 atom stereocenters. The van der Waals surface area contributed by atoms with Crippen LogP contribution >= 0.6 is 0 Å². The third-order valence-electron chi connectivity index (χ3n) is 4.42. The number of ether oxygens (including phenoxy) is 1. The van der Waals surface area contributed by atoms with Crippen molar-refractivity contribution in [3.05, 3.63) is 28.8 Å². The summed E-state index contributed by atoms with van der Waals surface area (Å²) in [5.74, 6) is 1.96. The van der Waals surface area contributed by atoms with Crippen LogP contribution < -0.4 is 10.5 Å². The lowest BCUT2D eigenvalue weighted by molar-refractivity contribution is 0.252. The average Bonchev–Trinajstić information content (AvgIpc) is 2.33. The number of benzene rings is 1. The normalized spacial score (nSPS) is 17.7. The minimum absolute atomic E-state index is 0.0977. The largest absolute Gasteiger partial charge is 0.496 e. The highest BCUT2D eigenvalue weighted by Gasteiger charge is 2.35. The fourth-order valence-electron chi connectivity index (χ4n) is 2.90. The molecule has 0 unspecified atom stereocenters. The third-order valence-corrected chi connectivity index (χ3v) is 4.42. The van der Waals surface area contributed by atoms with Crippen molar-refractivity contribution in [2.24, 2.45) is 5.73 Å². The van der Waals surface area contributed by atoms with Crippen LogP contribution in [0.25, 0.3) is 0 Å². The maximum Gasteiger partial charge on any atom is 0.125 e. The molecule has 19 heavy (non-hydrogen) atoms. The minimum Gasteiger partial charge on any atom is -0.496 e. The molecular weight excluding hydrogens is 234 g/mol. The summed E-state index contributed by atoms with van der Waals surface area (Å²) in [7, 11) is 1.77. The quantitative estimate of drug-likeness (QED) is 0.878. The first-order chi connectivity index (χ1) is 8.89. The second-order valence-electron chi connectivity index (χ2n) is 6.51. The van der Waals surface area contributed by atoms with Gasteiger partial charge in [0, 0.05) is 5.54 Å². The van der Waals surface area contributed by atoms with Crippen LogP contribution in [-0.2, 0) is 5.54 Å². The fraction of sp³-hybridized carbons (Fsp3) is 0.647. The molecule has 1 aromatic carbocycles. The molecule has 1 aromatic rings. The summed E-state index contributed by atoms with van der Waals surface area (Å²) < 4.78 is 5.68. The molecule has 1 saturated carbocycles. The van der Waals surface area contributed by atoms with Crippen LogP contribution in [0.3, 0.4) is 0 Å². The van der Waals surface area contributed by atoms with E-state index in [1.807, 2.05) is 0 Å². The van der Waals surface area contributed by atoms with Gasteiger partial charge in [0.1, 0.15) is 5.75 Å². The molecule has 0 heterocycles. The van der Waals surface area contributed by atoms with Gasteiger partial charge in [0.05, 0.1) is 7.11 Å². The lowest BCUT2D eigenvalue weighted by Crippen LogP contribution is -2.43. The van der Waals surface area contributed by atoms with Crippen molar-refractivity contribution >= 4 is 0 Å². The van der Waals surface area contributed by atoms with Gasteiger partial charge in [-0.1, -0.05) is 27.7 Å². The second kappa shape index (κ2) is 5.16. The molecular formula is C17H27NO. The first kappa shape index (κ1) is 14.4. The molecule has 2 nitrogen and oxygen atoms in total. The molecule has 2 heteroatoms. The van der Waals surface area contributed by atoms with Crippen LogP contribution in [0.4, 0.5) is 0 Å². The lowest BCUT2D eigenvalue weighted by Gasteiger charge is -2.39. The number of methoxy groups -OCH3 is 1. The molecule has 0 bridgehead atoms. The molecule has 2 N–H and O–H groups in total. The van der Waals surface area contributed by atoms with E-state index in [0.717, 1.165) is 18.6 Å². The van der Waals surface area contributed by atoms with Crippen molar-refractivity contribution in [1.29, 1.82) is 0 Å². The third kappa shape index (κ3) is 2.51. The molecule has 0 saturated heterocycles. The summed E-state index contributed by atoms with van der Waals surface area (Å²) in [4.78, 5) is 0. The van der Waals surface area contributed by atoms with Gasteiger partial charge in [-0.3, -0.25) is 0 Å². The molecule has 2 rings (SSSR count). The highest BCUT2D eigenvalue weighted by molar-refractivity contribution is 5.49. The summed E-state index contributed by atoms with van der Waals surface area (Å²) in [6, 6.07) is 4.54. The topological polar surface area (TPSA) is 35.2 Å². The zero-order valence-electron chi connectivity index (χ0n) is 12.9. The summed E-state index contributed by atoms with van der Waals surface area (Å²) in [6.07, 6.45) is 3.46. The maximum absolute atomic E-state index is 6.51. The van der Waals surface area contributed by atoms with Crippen molar-refractivity contribution in [3.8, 4) is 5.75 Å². The number of hydrogen-bond donors (Lipinski definition) is 1. The molecule has 0 aromatic heterocycles. The van der Waals surface area contributed by atoms with Gasteiger partial charge in [0.15, 0.2) is 0 Å². The Morgan fingerprint density at radius 3 is 1.79 bits per heavy atom. The van der Waals surface area contributed by atoms with Gasteiger partial charge in [-0.25, -0.2) is 0 Å². The van der Waals surface area contributed by atoms with Crippen LogP contribution in [0.5, 0.6) is 5.75 Å². The number of nitrogens with two attached hydrogens (primary N) is 1. The highest BCUT2D eigenvalue weighted by atomic mass is 16.5. The first-order valence-electron chi connectivity index (χ1n) is 7.40. The van der Waals surface area contributed by atoms with E-state index in [1.54, 1.807) is 7.11 Å². The summed E-state index contributed by atoms with van der Waals surface area (Å²) in [5.41, 5.74) is 10.3. The van der Waals surface area contributed by atoms with Crippen molar-refractivity contribution < 1.29 is 4.74 Å². The highest BCUT2D eigenvalue weighted by Crippen LogP contribution is 2.43. The molecule has 0 amide bonds. The molecule has 1 aliphatic carbocycles. The van der Waals surface area contributed by atoms with Crippen LogP contribution in [0.2, 0.25) is 0 Å². The predicted molar refractivity (Wildman–Crippen MR) is 80.9 cm³/mol. The standard InChI is InChI=1S/C17H27NO/c1-11(2)14-9-13(17(18)7-6-8-17)10-15(12(3)4)16(14)19-5/h9-12H,6-8,18H2,1-5H3. The second-order valence-corrected chi connectivity index (χ2v) is 6.51. The van der Waals surface area contributed by atoms with Gasteiger partial charge in [-0.15, -0.1) is 0 Å². The Morgan fingerprint density at radius 1 is 1.05 bits per heavy atom. The maximum atomic E-state index is 6.51. The molecule has 1 fully saturated rings. The zero-order valence-corrected chi connectivity index (χ0v) is 12.9. The van der Waals surface area contributed by atoms with E-state index < -0.39 is 0 Å². The zero-order chi connectivity index (χ0) is 14.2. The van der Waals surface area contributed by atoms with Crippen LogP contribution in [-0.4, -0.2) is 7.11 Å². The van der Waals surface area contributed by atoms with Gasteiger partial charge in [0.2, 0.25) is 0 Å². The van der Waals surface area contributed by atoms with E-state index in [9.17, 15) is 0 Å². The molecule has 0 radical (unpaired) electrons. The van der Waals surface area contributed by atoms with E-state index in [2.05, 4.69) is 39.8 Å². The van der Waals surface area contributed by atoms with Gasteiger partial charge in [-0.2, -0.15) is 0 Å². The first-order valence-corrected chi connectivity index (χ1v) is 7.40. The molecule has 106 valence electrons. The van der Waals surface area contributed by atoms with Crippen molar-refractivity contribution in [1.82, 2.24) is 0 Å². The van der Waals surface area contributed by atoms with E-state index in [4.69, 9.17) is 10.5 Å². The van der Waals surface area contributed by atoms with Crippen molar-refractivity contribution in [2.75, 3.05) is 7.11 Å². The van der Waals surface area contributed by atoms with Crippen LogP contribution in [0.1, 0.15) is 75.5 Å². The fourth-order valence-corrected chi connectivity index (χ4v) is 2.90. The van der Waals surface area contributed by atoms with E-state index in [-0.39, 0.29) is 5.54 Å². The monoisotopic (exact) mass is 261 g/mol. The van der Waals surface area contributed by atoms with Gasteiger partial charge in [0.25, 0.3) is 0 Å². The van der Waals surface area contributed by atoms with E-state index >= 15 is 0 Å². The number of hydrogen-bond acceptors (Lipinski definition) is 2. The predicted octanol–water partition coefficient (Wildman–Crippen LogP) is 4.28. The van der Waals surface area contributed by atoms with Crippen LogP contribution in [0.15, 0.2) is 12.1 Å². The Kier molecular flexibility index (Phi) is 3.91. The average molecular weight is 261 g/mol. The Balaban J connectivity index is 2.58. The molecule has 0 aliphatic heterocycles. The Hall–Kier alpha value is -1.02. The number of rotatable bonds is 4. The SMILES string of the molecule is COc1c(C(C)C)cc(C2(N)CCC2)cc1C(C)C. The van der Waals surface area contributed by atoms with Gasteiger partial charge >= 0.3 is 0 Å².